The molecule has 90 valence electrons. The van der Waals surface area contributed by atoms with Crippen LogP contribution < -0.4 is 0 Å². The second kappa shape index (κ2) is 1.95. The zero-order chi connectivity index (χ0) is 11.2. The van der Waals surface area contributed by atoms with E-state index < -0.39 is 17.2 Å². The van der Waals surface area contributed by atoms with Gasteiger partial charge in [0, 0.05) is 11.8 Å². The van der Waals surface area contributed by atoms with Gasteiger partial charge in [-0.3, -0.25) is 4.79 Å². The van der Waals surface area contributed by atoms with Crippen molar-refractivity contribution in [3.05, 3.63) is 0 Å². The van der Waals surface area contributed by atoms with Gasteiger partial charge in [0.05, 0.1) is 18.6 Å². The van der Waals surface area contributed by atoms with Crippen molar-refractivity contribution in [1.29, 1.82) is 0 Å². The van der Waals surface area contributed by atoms with Crippen molar-refractivity contribution in [3.63, 3.8) is 0 Å². The van der Waals surface area contributed by atoms with E-state index in [4.69, 9.17) is 9.47 Å². The van der Waals surface area contributed by atoms with Gasteiger partial charge in [0.1, 0.15) is 0 Å². The Hall–Kier alpha value is -0.610. The highest BCUT2D eigenvalue weighted by Gasteiger charge is 3.00. The monoisotopic (exact) mass is 234 g/mol. The lowest BCUT2D eigenvalue weighted by atomic mass is 9.34. The predicted octanol–water partition coefficient (Wildman–Crippen LogP) is 0.572. The van der Waals surface area contributed by atoms with Crippen LogP contribution in [0.2, 0.25) is 0 Å². The molecule has 8 atom stereocenters. The number of hydrogen-bond acceptors (Lipinski definition) is 3. The Morgan fingerprint density at radius 3 is 2.65 bits per heavy atom. The van der Waals surface area contributed by atoms with Crippen LogP contribution in [0.4, 0.5) is 0 Å². The molecule has 0 radical (unpaired) electrons. The molecule has 4 heteroatoms. The normalized spacial score (nSPS) is 69.8. The zero-order valence-electron chi connectivity index (χ0n) is 9.33. The van der Waals surface area contributed by atoms with Crippen LogP contribution in [0.1, 0.15) is 6.42 Å². The maximum atomic E-state index is 11.9. The number of rotatable bonds is 1. The summed E-state index contributed by atoms with van der Waals surface area (Å²) in [5, 5.41) is 9.76. The van der Waals surface area contributed by atoms with Gasteiger partial charge < -0.3 is 14.6 Å². The van der Waals surface area contributed by atoms with Crippen LogP contribution in [0.3, 0.4) is 0 Å². The van der Waals surface area contributed by atoms with Crippen LogP contribution in [0.25, 0.3) is 0 Å². The molecule has 0 aromatic heterocycles. The number of carboxylic acids is 1. The molecule has 1 N–H and O–H groups in total. The van der Waals surface area contributed by atoms with Crippen molar-refractivity contribution in [2.24, 2.45) is 46.8 Å². The van der Waals surface area contributed by atoms with Gasteiger partial charge in [-0.15, -0.1) is 0 Å². The van der Waals surface area contributed by atoms with Crippen molar-refractivity contribution in [3.8, 4) is 0 Å². The zero-order valence-corrected chi connectivity index (χ0v) is 9.33. The molecular formula is C13H14O4. The third kappa shape index (κ3) is 0.473. The molecule has 0 aromatic carbocycles. The summed E-state index contributed by atoms with van der Waals surface area (Å²) < 4.78 is 11.9. The molecule has 7 rings (SSSR count). The lowest BCUT2D eigenvalue weighted by Crippen LogP contribution is -2.70. The van der Waals surface area contributed by atoms with Crippen molar-refractivity contribution in [2.75, 3.05) is 13.2 Å². The molecule has 0 aromatic rings. The van der Waals surface area contributed by atoms with Gasteiger partial charge in [-0.25, -0.2) is 0 Å². The van der Waals surface area contributed by atoms with Gasteiger partial charge in [-0.05, 0) is 36.0 Å². The van der Waals surface area contributed by atoms with Gasteiger partial charge in [0.15, 0.2) is 5.79 Å². The molecule has 17 heavy (non-hydrogen) atoms. The summed E-state index contributed by atoms with van der Waals surface area (Å²) in [4.78, 5) is 11.9. The summed E-state index contributed by atoms with van der Waals surface area (Å²) in [6.45, 7) is 1.31. The van der Waals surface area contributed by atoms with E-state index in [1.54, 1.807) is 0 Å². The van der Waals surface area contributed by atoms with Gasteiger partial charge >= 0.3 is 5.97 Å². The van der Waals surface area contributed by atoms with E-state index in [2.05, 4.69) is 0 Å². The van der Waals surface area contributed by atoms with Crippen molar-refractivity contribution < 1.29 is 19.4 Å². The second-order valence-corrected chi connectivity index (χ2v) is 6.85. The summed E-state index contributed by atoms with van der Waals surface area (Å²) in [6, 6.07) is 0. The van der Waals surface area contributed by atoms with E-state index in [-0.39, 0.29) is 5.92 Å². The number of ether oxygens (including phenoxy) is 2. The highest BCUT2D eigenvalue weighted by atomic mass is 16.7. The molecule has 6 aliphatic carbocycles. The van der Waals surface area contributed by atoms with E-state index >= 15 is 0 Å². The first-order chi connectivity index (χ1) is 8.24. The lowest BCUT2D eigenvalue weighted by Gasteiger charge is -2.67. The Balaban J connectivity index is 1.64. The van der Waals surface area contributed by atoms with Crippen LogP contribution >= 0.6 is 0 Å². The third-order valence-electron chi connectivity index (χ3n) is 7.26. The number of carbonyl (C=O) groups is 1. The Bertz CT molecular complexity index is 482. The number of aliphatic carboxylic acids is 1. The highest BCUT2D eigenvalue weighted by Crippen LogP contribution is 2.96. The number of carboxylic acid groups (broad SMARTS) is 1. The Kier molecular flexibility index (Phi) is 0.975. The second-order valence-electron chi connectivity index (χ2n) is 6.85. The standard InChI is InChI=1S/C13H14O4/c14-11(15)12-5-3-4-6-7(5)8(12)9(6)13(10(4)12)16-1-2-17-13/h4-10H,1-3H2,(H,14,15)/t4-,5-,6+,7+,8+,9-,10+,12+/m0/s1. The Morgan fingerprint density at radius 1 is 1.18 bits per heavy atom. The summed E-state index contributed by atoms with van der Waals surface area (Å²) >= 11 is 0. The topological polar surface area (TPSA) is 55.8 Å². The fourth-order valence-corrected chi connectivity index (χ4v) is 7.51. The van der Waals surface area contributed by atoms with Gasteiger partial charge in [-0.1, -0.05) is 0 Å². The van der Waals surface area contributed by atoms with Crippen molar-refractivity contribution >= 4 is 5.97 Å². The van der Waals surface area contributed by atoms with Crippen molar-refractivity contribution in [2.45, 2.75) is 12.2 Å². The van der Waals surface area contributed by atoms with Crippen LogP contribution in [0.15, 0.2) is 0 Å². The Labute approximate surface area is 98.3 Å². The van der Waals surface area contributed by atoms with E-state index in [0.717, 1.165) is 12.3 Å². The summed E-state index contributed by atoms with van der Waals surface area (Å²) in [7, 11) is 0. The molecule has 7 aliphatic rings. The minimum Gasteiger partial charge on any atom is -0.481 e. The van der Waals surface area contributed by atoms with E-state index in [0.29, 0.717) is 42.8 Å². The summed E-state index contributed by atoms with van der Waals surface area (Å²) in [5.41, 5.74) is -0.445. The quantitative estimate of drug-likeness (QED) is 0.720. The van der Waals surface area contributed by atoms with Gasteiger partial charge in [0.25, 0.3) is 0 Å². The van der Waals surface area contributed by atoms with Crippen LogP contribution in [0, 0.1) is 46.8 Å². The smallest absolute Gasteiger partial charge is 0.310 e. The first-order valence-corrected chi connectivity index (χ1v) is 6.76. The molecule has 1 heterocycles. The van der Waals surface area contributed by atoms with E-state index in [1.165, 1.54) is 0 Å². The maximum Gasteiger partial charge on any atom is 0.310 e. The van der Waals surface area contributed by atoms with Crippen LogP contribution in [0.5, 0.6) is 0 Å². The highest BCUT2D eigenvalue weighted by molar-refractivity contribution is 5.82. The fraction of sp³-hybridized carbons (Fsp3) is 0.923. The van der Waals surface area contributed by atoms with Crippen molar-refractivity contribution in [1.82, 2.24) is 0 Å². The van der Waals surface area contributed by atoms with Crippen LogP contribution in [-0.4, -0.2) is 30.1 Å². The van der Waals surface area contributed by atoms with Crippen LogP contribution in [-0.2, 0) is 14.3 Å². The number of hydrogen-bond donors (Lipinski definition) is 1. The van der Waals surface area contributed by atoms with E-state index in [1.807, 2.05) is 0 Å². The molecule has 4 bridgehead atoms. The predicted molar refractivity (Wildman–Crippen MR) is 53.8 cm³/mol. The third-order valence-corrected chi connectivity index (χ3v) is 7.26. The first-order valence-electron chi connectivity index (χ1n) is 6.76. The lowest BCUT2D eigenvalue weighted by molar-refractivity contribution is -0.252. The van der Waals surface area contributed by atoms with E-state index in [9.17, 15) is 9.90 Å². The molecular weight excluding hydrogens is 220 g/mol. The van der Waals surface area contributed by atoms with Gasteiger partial charge in [0.2, 0.25) is 0 Å². The fourth-order valence-electron chi connectivity index (χ4n) is 7.51. The Morgan fingerprint density at radius 2 is 1.94 bits per heavy atom. The summed E-state index contributed by atoms with van der Waals surface area (Å²) in [6.07, 6.45) is 1.13. The maximum absolute atomic E-state index is 11.9. The summed E-state index contributed by atoms with van der Waals surface area (Å²) in [5.74, 6) is 2.44. The average Bonchev–Trinajstić information content (AvgIpc) is 2.92. The first kappa shape index (κ1) is 8.48. The molecule has 7 fully saturated rings. The molecule has 1 spiro atoms. The molecule has 0 unspecified atom stereocenters. The molecule has 1 saturated heterocycles. The molecule has 4 nitrogen and oxygen atoms in total. The minimum absolute atomic E-state index is 0.171. The molecule has 6 saturated carbocycles. The largest absolute Gasteiger partial charge is 0.481 e. The SMILES string of the molecule is O=C(O)[C@@]12[C@@H]3[C@H]4[C@H]5[C@H](C[C@@H]41)[C@H]2C1(OCCO1)[C@@H]53. The molecule has 1 aliphatic heterocycles. The minimum atomic E-state index is -0.560. The molecule has 0 amide bonds. The average molecular weight is 234 g/mol. The van der Waals surface area contributed by atoms with Gasteiger partial charge in [-0.2, -0.15) is 0 Å².